The number of carbonyl (C=O) groups is 2. The van der Waals surface area contributed by atoms with Crippen molar-refractivity contribution in [1.29, 1.82) is 0 Å². The van der Waals surface area contributed by atoms with E-state index in [0.29, 0.717) is 13.0 Å². The van der Waals surface area contributed by atoms with Crippen molar-refractivity contribution in [3.05, 3.63) is 35.1 Å². The van der Waals surface area contributed by atoms with Crippen molar-refractivity contribution in [2.75, 3.05) is 20.1 Å². The Kier molecular flexibility index (Phi) is 6.65. The molecular weight excluding hydrogens is 437 g/mol. The molecule has 0 radical (unpaired) electrons. The van der Waals surface area contributed by atoms with Gasteiger partial charge in [-0.25, -0.2) is 4.39 Å². The Morgan fingerprint density at radius 3 is 2.19 bits per heavy atom. The second kappa shape index (κ2) is 8.29. The van der Waals surface area contributed by atoms with Crippen LogP contribution in [0.5, 0.6) is 0 Å². The third-order valence-electron chi connectivity index (χ3n) is 5.46. The molecule has 3 atom stereocenters. The van der Waals surface area contributed by atoms with Crippen molar-refractivity contribution in [1.82, 2.24) is 9.80 Å². The predicted octanol–water partition coefficient (Wildman–Crippen LogP) is 3.47. The maximum Gasteiger partial charge on any atom is 0.426 e. The van der Waals surface area contributed by atoms with E-state index in [1.807, 2.05) is 0 Å². The molecule has 1 saturated heterocycles. The Hall–Kier alpha value is -2.37. The summed E-state index contributed by atoms with van der Waals surface area (Å²) < 4.78 is 90.9. The molecule has 0 aliphatic carbocycles. The summed E-state index contributed by atoms with van der Waals surface area (Å²) in [7, 11) is 1.30. The number of aliphatic hydroxyl groups is 1. The summed E-state index contributed by atoms with van der Waals surface area (Å²) in [6.07, 6.45) is -9.91. The molecule has 1 aliphatic rings. The summed E-state index contributed by atoms with van der Waals surface area (Å²) in [5.41, 5.74) is -5.40. The molecule has 1 aromatic rings. The van der Waals surface area contributed by atoms with Crippen molar-refractivity contribution < 1.29 is 45.4 Å². The number of halogens is 7. The molecule has 5 nitrogen and oxygen atoms in total. The van der Waals surface area contributed by atoms with Crippen molar-refractivity contribution in [3.63, 3.8) is 0 Å². The van der Waals surface area contributed by atoms with Crippen molar-refractivity contribution in [2.24, 2.45) is 5.92 Å². The van der Waals surface area contributed by atoms with Gasteiger partial charge in [0, 0.05) is 26.2 Å². The Labute approximate surface area is 173 Å². The zero-order chi connectivity index (χ0) is 23.9. The first-order valence-electron chi connectivity index (χ1n) is 9.21. The van der Waals surface area contributed by atoms with E-state index in [2.05, 4.69) is 0 Å². The average molecular weight is 458 g/mol. The van der Waals surface area contributed by atoms with Crippen LogP contribution in [0.15, 0.2) is 18.2 Å². The van der Waals surface area contributed by atoms with E-state index in [9.17, 15) is 45.4 Å². The van der Waals surface area contributed by atoms with Crippen molar-refractivity contribution in [3.8, 4) is 0 Å². The number of amides is 2. The quantitative estimate of drug-likeness (QED) is 0.706. The maximum atomic E-state index is 14.1. The lowest BCUT2D eigenvalue weighted by molar-refractivity contribution is -0.251. The van der Waals surface area contributed by atoms with Gasteiger partial charge in [0.25, 0.3) is 11.8 Å². The molecule has 2 amide bonds. The van der Waals surface area contributed by atoms with Gasteiger partial charge < -0.3 is 14.9 Å². The molecule has 1 aliphatic heterocycles. The minimum atomic E-state index is -5.17. The molecule has 31 heavy (non-hydrogen) atoms. The normalized spacial score (nSPS) is 22.1. The number of likely N-dealkylation sites (tertiary alicyclic amines) is 1. The van der Waals surface area contributed by atoms with Gasteiger partial charge in [0.15, 0.2) is 0 Å². The molecular formula is C19H21F7N2O3. The van der Waals surface area contributed by atoms with Crippen LogP contribution in [0.4, 0.5) is 30.7 Å². The van der Waals surface area contributed by atoms with Crippen molar-refractivity contribution >= 4 is 11.8 Å². The number of alkyl halides is 6. The number of hydrogen-bond acceptors (Lipinski definition) is 3. The maximum absolute atomic E-state index is 14.1. The van der Waals surface area contributed by atoms with E-state index in [-0.39, 0.29) is 25.6 Å². The Morgan fingerprint density at radius 2 is 1.74 bits per heavy atom. The number of piperidine rings is 1. The molecule has 12 heteroatoms. The van der Waals surface area contributed by atoms with Crippen LogP contribution < -0.4 is 0 Å². The van der Waals surface area contributed by atoms with Gasteiger partial charge in [-0.1, -0.05) is 6.92 Å². The topological polar surface area (TPSA) is 60.9 Å². The summed E-state index contributed by atoms with van der Waals surface area (Å²) in [6.45, 7) is 1.50. The summed E-state index contributed by atoms with van der Waals surface area (Å²) in [4.78, 5) is 26.7. The van der Waals surface area contributed by atoms with Gasteiger partial charge in [-0.15, -0.1) is 0 Å². The van der Waals surface area contributed by atoms with E-state index in [0.717, 1.165) is 15.9 Å². The average Bonchev–Trinajstić information content (AvgIpc) is 2.64. The molecule has 174 valence electrons. The zero-order valence-electron chi connectivity index (χ0n) is 16.8. The van der Waals surface area contributed by atoms with Gasteiger partial charge in [0.05, 0.1) is 11.1 Å². The van der Waals surface area contributed by atoms with Crippen LogP contribution in [-0.2, 0) is 11.0 Å². The van der Waals surface area contributed by atoms with E-state index >= 15 is 0 Å². The van der Waals surface area contributed by atoms with Crippen LogP contribution in [-0.4, -0.2) is 64.7 Å². The van der Waals surface area contributed by atoms with Crippen LogP contribution in [0, 0.1) is 11.7 Å². The van der Waals surface area contributed by atoms with E-state index in [4.69, 9.17) is 0 Å². The summed E-state index contributed by atoms with van der Waals surface area (Å²) in [5.74, 6) is -4.32. The third kappa shape index (κ3) is 4.94. The van der Waals surface area contributed by atoms with Gasteiger partial charge in [-0.3, -0.25) is 9.59 Å². The summed E-state index contributed by atoms with van der Waals surface area (Å²) in [5, 5.41) is 9.58. The highest BCUT2D eigenvalue weighted by atomic mass is 19.4. The highest BCUT2D eigenvalue weighted by Gasteiger charge is 2.57. The van der Waals surface area contributed by atoms with Gasteiger partial charge in [-0.05, 0) is 37.5 Å². The third-order valence-corrected chi connectivity index (χ3v) is 5.46. The first kappa shape index (κ1) is 24.9. The smallest absolute Gasteiger partial charge is 0.373 e. The van der Waals surface area contributed by atoms with Gasteiger partial charge >= 0.3 is 12.4 Å². The molecule has 1 aromatic carbocycles. The number of benzene rings is 1. The van der Waals surface area contributed by atoms with Gasteiger partial charge in [0.1, 0.15) is 5.82 Å². The lowest BCUT2D eigenvalue weighted by Crippen LogP contribution is -2.60. The molecule has 1 unspecified atom stereocenters. The fraction of sp³-hybridized carbons (Fsp3) is 0.579. The molecule has 1 fully saturated rings. The largest absolute Gasteiger partial charge is 0.426 e. The summed E-state index contributed by atoms with van der Waals surface area (Å²) >= 11 is 0. The molecule has 2 rings (SSSR count). The van der Waals surface area contributed by atoms with Crippen LogP contribution in [0.2, 0.25) is 0 Å². The lowest BCUT2D eigenvalue weighted by atomic mass is 9.90. The lowest BCUT2D eigenvalue weighted by Gasteiger charge is -2.43. The van der Waals surface area contributed by atoms with Crippen molar-refractivity contribution in [2.45, 2.75) is 44.3 Å². The first-order valence-corrected chi connectivity index (χ1v) is 9.21. The van der Waals surface area contributed by atoms with E-state index in [1.54, 1.807) is 6.92 Å². The van der Waals surface area contributed by atoms with Crippen LogP contribution >= 0.6 is 0 Å². The van der Waals surface area contributed by atoms with Gasteiger partial charge in [-0.2, -0.15) is 26.3 Å². The van der Waals surface area contributed by atoms with E-state index < -0.39 is 58.7 Å². The number of carbonyl (C=O) groups excluding carboxylic acids is 2. The number of rotatable bonds is 3. The molecule has 1 heterocycles. The molecule has 0 aromatic heterocycles. The molecule has 0 bridgehead atoms. The Bertz CT molecular complexity index is 852. The fourth-order valence-electron chi connectivity index (χ4n) is 3.53. The zero-order valence-corrected chi connectivity index (χ0v) is 16.8. The number of hydrogen-bond donors (Lipinski definition) is 1. The second-order valence-electron chi connectivity index (χ2n) is 7.76. The SMILES string of the molecule is C[C@H]1CN(C(=O)C(C)(O)C(F)(F)F)CC[C@H]1N(C)C(=O)c1ccc(C(F)(F)F)cc1F. The number of nitrogens with zero attached hydrogens (tertiary/aromatic N) is 2. The van der Waals surface area contributed by atoms with Crippen LogP contribution in [0.1, 0.15) is 36.2 Å². The Balaban J connectivity index is 2.14. The van der Waals surface area contributed by atoms with E-state index in [1.165, 1.54) is 7.05 Å². The first-order chi connectivity index (χ1) is 14.0. The van der Waals surface area contributed by atoms with Gasteiger partial charge in [0.2, 0.25) is 5.60 Å². The summed E-state index contributed by atoms with van der Waals surface area (Å²) in [6, 6.07) is 0.897. The highest BCUT2D eigenvalue weighted by molar-refractivity contribution is 5.94. The molecule has 0 saturated carbocycles. The minimum Gasteiger partial charge on any atom is -0.373 e. The monoisotopic (exact) mass is 458 g/mol. The highest BCUT2D eigenvalue weighted by Crippen LogP contribution is 2.34. The molecule has 0 spiro atoms. The molecule has 1 N–H and O–H groups in total. The second-order valence-corrected chi connectivity index (χ2v) is 7.76. The van der Waals surface area contributed by atoms with Crippen LogP contribution in [0.3, 0.4) is 0 Å². The van der Waals surface area contributed by atoms with Crippen LogP contribution in [0.25, 0.3) is 0 Å². The Morgan fingerprint density at radius 1 is 1.16 bits per heavy atom. The fourth-order valence-corrected chi connectivity index (χ4v) is 3.53. The minimum absolute atomic E-state index is 0.0331. The standard InChI is InChI=1S/C19H21F7N2O3/c1-10-9-28(16(30)17(2,31)19(24,25)26)7-6-14(10)27(3)15(29)12-5-4-11(8-13(12)20)18(21,22)23/h4-5,8,10,14,31H,6-7,9H2,1-3H3/t10-,14+,17?/m0/s1. The predicted molar refractivity (Wildman–Crippen MR) is 94.3 cm³/mol.